The topological polar surface area (TPSA) is 3.24 Å². The van der Waals surface area contributed by atoms with E-state index >= 15 is 0 Å². The number of nitrogens with zero attached hydrogens (tertiary/aromatic N) is 1. The van der Waals surface area contributed by atoms with Crippen molar-refractivity contribution in [1.29, 1.82) is 0 Å². The Hall–Kier alpha value is -4.88. The molecule has 0 atom stereocenters. The van der Waals surface area contributed by atoms with Gasteiger partial charge >= 0.3 is 0 Å². The van der Waals surface area contributed by atoms with Crippen LogP contribution < -0.4 is 4.90 Å². The second kappa shape index (κ2) is 11.2. The van der Waals surface area contributed by atoms with Crippen molar-refractivity contribution in [2.24, 2.45) is 0 Å². The maximum Gasteiger partial charge on any atom is 0.0467 e. The lowest BCUT2D eigenvalue weighted by Crippen LogP contribution is -2.14. The molecule has 46 heavy (non-hydrogen) atoms. The van der Waals surface area contributed by atoms with Gasteiger partial charge in [-0.1, -0.05) is 80.6 Å². The zero-order valence-electron chi connectivity index (χ0n) is 28.4. The van der Waals surface area contributed by atoms with E-state index in [2.05, 4.69) is 176 Å². The molecule has 1 heteroatoms. The summed E-state index contributed by atoms with van der Waals surface area (Å²) in [6, 6.07) is 43.5. The molecule has 6 aromatic rings. The first-order chi connectivity index (χ1) is 22.0. The highest BCUT2D eigenvalue weighted by atomic mass is 15.1. The maximum absolute atomic E-state index is 2.43. The minimum atomic E-state index is -0.0222. The van der Waals surface area contributed by atoms with E-state index in [1.165, 1.54) is 89.3 Å². The number of anilines is 3. The summed E-state index contributed by atoms with van der Waals surface area (Å²) in [6.07, 6.45) is 0. The number of hydrogen-bond acceptors (Lipinski definition) is 1. The summed E-state index contributed by atoms with van der Waals surface area (Å²) in [5, 5.41) is 0. The highest BCUT2D eigenvalue weighted by molar-refractivity contribution is 5.86. The van der Waals surface area contributed by atoms with Crippen molar-refractivity contribution in [2.45, 2.75) is 60.8 Å². The Morgan fingerprint density at radius 3 is 1.61 bits per heavy atom. The van der Waals surface area contributed by atoms with Crippen molar-refractivity contribution < 1.29 is 0 Å². The summed E-state index contributed by atoms with van der Waals surface area (Å²) in [7, 11) is 0. The molecule has 0 radical (unpaired) electrons. The van der Waals surface area contributed by atoms with E-state index in [1.807, 2.05) is 0 Å². The summed E-state index contributed by atoms with van der Waals surface area (Å²) in [4.78, 5) is 2.40. The average molecular weight is 598 g/mol. The highest BCUT2D eigenvalue weighted by Crippen LogP contribution is 2.49. The van der Waals surface area contributed by atoms with Gasteiger partial charge in [0.15, 0.2) is 0 Å². The van der Waals surface area contributed by atoms with Crippen molar-refractivity contribution in [1.82, 2.24) is 0 Å². The lowest BCUT2D eigenvalue weighted by atomic mass is 9.81. The van der Waals surface area contributed by atoms with Gasteiger partial charge in [0.05, 0.1) is 0 Å². The van der Waals surface area contributed by atoms with E-state index < -0.39 is 0 Å². The minimum absolute atomic E-state index is 0.0222. The second-order valence-corrected chi connectivity index (χ2v) is 13.9. The third kappa shape index (κ3) is 5.05. The normalized spacial score (nSPS) is 13.0. The Bertz CT molecular complexity index is 2090. The molecule has 1 aliphatic rings. The molecule has 0 fully saturated rings. The molecule has 0 aliphatic heterocycles. The summed E-state index contributed by atoms with van der Waals surface area (Å²) >= 11 is 0. The zero-order chi connectivity index (χ0) is 32.3. The van der Waals surface area contributed by atoms with Crippen LogP contribution in [0.3, 0.4) is 0 Å². The standard InChI is InChI=1S/C45H43N/c1-28-21-35(34-16-20-41-40-11-9-10-12-43(40)45(7,8)44(41)26-34)25-36(22-28)42-27-39(19-15-31(42)4)46(37-17-13-29(2)32(5)23-37)38-18-14-30(3)33(6)24-38/h9-27H,1-8H3. The molecule has 0 bridgehead atoms. The van der Waals surface area contributed by atoms with Gasteiger partial charge in [-0.15, -0.1) is 0 Å². The van der Waals surface area contributed by atoms with Crippen molar-refractivity contribution >= 4 is 17.1 Å². The van der Waals surface area contributed by atoms with Crippen LogP contribution in [-0.2, 0) is 5.41 Å². The van der Waals surface area contributed by atoms with Gasteiger partial charge in [-0.25, -0.2) is 0 Å². The first-order valence-corrected chi connectivity index (χ1v) is 16.4. The quantitative estimate of drug-likeness (QED) is 0.191. The molecule has 0 saturated carbocycles. The van der Waals surface area contributed by atoms with Crippen molar-refractivity contribution in [3.63, 3.8) is 0 Å². The molecule has 0 N–H and O–H groups in total. The van der Waals surface area contributed by atoms with Gasteiger partial charge in [-0.05, 0) is 168 Å². The van der Waals surface area contributed by atoms with Gasteiger partial charge < -0.3 is 4.90 Å². The largest absolute Gasteiger partial charge is 0.310 e. The summed E-state index contributed by atoms with van der Waals surface area (Å²) in [5.74, 6) is 0. The number of fused-ring (bicyclic) bond motifs is 3. The first-order valence-electron chi connectivity index (χ1n) is 16.4. The van der Waals surface area contributed by atoms with Crippen LogP contribution in [0.5, 0.6) is 0 Å². The molecule has 0 saturated heterocycles. The van der Waals surface area contributed by atoms with Gasteiger partial charge in [-0.2, -0.15) is 0 Å². The molecular formula is C45H43N. The predicted molar refractivity (Wildman–Crippen MR) is 198 cm³/mol. The molecule has 228 valence electrons. The Morgan fingerprint density at radius 1 is 0.391 bits per heavy atom. The Kier molecular flexibility index (Phi) is 7.24. The monoisotopic (exact) mass is 597 g/mol. The fraction of sp³-hybridized carbons (Fsp3) is 0.200. The van der Waals surface area contributed by atoms with E-state index in [0.29, 0.717) is 0 Å². The van der Waals surface area contributed by atoms with Crippen LogP contribution in [0.15, 0.2) is 115 Å². The summed E-state index contributed by atoms with van der Waals surface area (Å²) < 4.78 is 0. The Balaban J connectivity index is 1.34. The van der Waals surface area contributed by atoms with Gasteiger partial charge in [-0.3, -0.25) is 0 Å². The van der Waals surface area contributed by atoms with Gasteiger partial charge in [0.1, 0.15) is 0 Å². The maximum atomic E-state index is 2.43. The molecule has 0 unspecified atom stereocenters. The average Bonchev–Trinajstić information content (AvgIpc) is 3.27. The lowest BCUT2D eigenvalue weighted by molar-refractivity contribution is 0.660. The third-order valence-electron chi connectivity index (χ3n) is 10.3. The van der Waals surface area contributed by atoms with Crippen LogP contribution in [0, 0.1) is 41.5 Å². The number of hydrogen-bond donors (Lipinski definition) is 0. The van der Waals surface area contributed by atoms with E-state index in [9.17, 15) is 0 Å². The summed E-state index contributed by atoms with van der Waals surface area (Å²) in [5.41, 5.74) is 21.8. The molecule has 1 nitrogen and oxygen atoms in total. The van der Waals surface area contributed by atoms with E-state index in [-0.39, 0.29) is 5.41 Å². The minimum Gasteiger partial charge on any atom is -0.310 e. The lowest BCUT2D eigenvalue weighted by Gasteiger charge is -2.28. The second-order valence-electron chi connectivity index (χ2n) is 13.9. The van der Waals surface area contributed by atoms with Gasteiger partial charge in [0.25, 0.3) is 0 Å². The molecule has 0 amide bonds. The fourth-order valence-corrected chi connectivity index (χ4v) is 7.23. The third-order valence-corrected chi connectivity index (χ3v) is 10.3. The zero-order valence-corrected chi connectivity index (χ0v) is 28.4. The van der Waals surface area contributed by atoms with Crippen molar-refractivity contribution in [3.8, 4) is 33.4 Å². The Labute approximate surface area is 275 Å². The number of aryl methyl sites for hydroxylation is 6. The van der Waals surface area contributed by atoms with Crippen LogP contribution in [0.4, 0.5) is 17.1 Å². The first kappa shape index (κ1) is 29.8. The molecule has 1 aliphatic carbocycles. The van der Waals surface area contributed by atoms with Crippen LogP contribution in [0.25, 0.3) is 33.4 Å². The van der Waals surface area contributed by atoms with Crippen LogP contribution in [-0.4, -0.2) is 0 Å². The van der Waals surface area contributed by atoms with Crippen molar-refractivity contribution in [2.75, 3.05) is 4.90 Å². The van der Waals surface area contributed by atoms with E-state index in [4.69, 9.17) is 0 Å². The van der Waals surface area contributed by atoms with Crippen LogP contribution >= 0.6 is 0 Å². The summed E-state index contributed by atoms with van der Waals surface area (Å²) in [6.45, 7) is 17.9. The number of rotatable bonds is 5. The van der Waals surface area contributed by atoms with Gasteiger partial charge in [0.2, 0.25) is 0 Å². The van der Waals surface area contributed by atoms with Crippen LogP contribution in [0.2, 0.25) is 0 Å². The molecule has 7 rings (SSSR count). The number of benzene rings is 6. The molecule has 6 aromatic carbocycles. The molecule has 0 spiro atoms. The highest BCUT2D eigenvalue weighted by Gasteiger charge is 2.35. The van der Waals surface area contributed by atoms with E-state index in [0.717, 1.165) is 5.69 Å². The molecule has 0 heterocycles. The Morgan fingerprint density at radius 2 is 0.957 bits per heavy atom. The van der Waals surface area contributed by atoms with Crippen molar-refractivity contribution in [3.05, 3.63) is 160 Å². The predicted octanol–water partition coefficient (Wildman–Crippen LogP) is 12.6. The fourth-order valence-electron chi connectivity index (χ4n) is 7.23. The van der Waals surface area contributed by atoms with Gasteiger partial charge in [0, 0.05) is 22.5 Å². The molecule has 0 aromatic heterocycles. The van der Waals surface area contributed by atoms with E-state index in [1.54, 1.807) is 0 Å². The van der Waals surface area contributed by atoms with Crippen LogP contribution in [0.1, 0.15) is 58.4 Å². The molecular weight excluding hydrogens is 555 g/mol. The SMILES string of the molecule is Cc1cc(-c2ccc3c(c2)C(C)(C)c2ccccc2-3)cc(-c2cc(N(c3ccc(C)c(C)c3)c3ccc(C)c(C)c3)ccc2C)c1. The smallest absolute Gasteiger partial charge is 0.0467 e.